The molecule has 51 heavy (non-hydrogen) atoms. The van der Waals surface area contributed by atoms with Crippen LogP contribution in [0.3, 0.4) is 0 Å². The Bertz CT molecular complexity index is 1680. The number of ether oxygens (including phenoxy) is 4. The second kappa shape index (κ2) is 16.2. The van der Waals surface area contributed by atoms with Crippen LogP contribution in [0.4, 0.5) is 11.6 Å². The number of hydrogen-bond acceptors (Lipinski definition) is 12. The molecule has 4 heterocycles. The number of benzene rings is 1. The van der Waals surface area contributed by atoms with E-state index in [-0.39, 0.29) is 36.1 Å². The molecule has 2 fully saturated rings. The monoisotopic (exact) mass is 722 g/mol. The molecule has 14 nitrogen and oxygen atoms in total. The molecule has 1 N–H and O–H groups in total. The Labute approximate surface area is 305 Å². The van der Waals surface area contributed by atoms with Crippen LogP contribution in [0.5, 0.6) is 11.6 Å². The zero-order valence-electron chi connectivity index (χ0n) is 30.7. The zero-order valence-corrected chi connectivity index (χ0v) is 31.5. The molecule has 4 aromatic rings. The Hall–Kier alpha value is -3.85. The van der Waals surface area contributed by atoms with Gasteiger partial charge in [-0.05, 0) is 102 Å². The van der Waals surface area contributed by atoms with Crippen LogP contribution in [-0.4, -0.2) is 101 Å². The maximum atomic E-state index is 6.48. The van der Waals surface area contributed by atoms with Gasteiger partial charge in [0.25, 0.3) is 5.88 Å². The molecule has 1 aliphatic carbocycles. The quantitative estimate of drug-likeness (QED) is 0.164. The van der Waals surface area contributed by atoms with Crippen molar-refractivity contribution in [1.29, 1.82) is 0 Å². The third kappa shape index (κ3) is 10.1. The lowest BCUT2D eigenvalue weighted by molar-refractivity contribution is -0.0852. The molecule has 0 bridgehead atoms. The van der Waals surface area contributed by atoms with Gasteiger partial charge in [0.15, 0.2) is 0 Å². The summed E-state index contributed by atoms with van der Waals surface area (Å²) < 4.78 is 28.1. The molecule has 1 saturated carbocycles. The van der Waals surface area contributed by atoms with Crippen LogP contribution < -0.4 is 14.8 Å². The average Bonchev–Trinajstić information content (AvgIpc) is 3.74. The molecule has 276 valence electrons. The second-order valence-electron chi connectivity index (χ2n) is 14.9. The smallest absolute Gasteiger partial charge is 0.257 e. The van der Waals surface area contributed by atoms with Crippen LogP contribution >= 0.6 is 11.6 Å². The minimum atomic E-state index is -0.271. The maximum Gasteiger partial charge on any atom is 0.257 e. The number of rotatable bonds is 13. The maximum absolute atomic E-state index is 6.48. The van der Waals surface area contributed by atoms with Gasteiger partial charge in [-0.1, -0.05) is 17.7 Å². The molecule has 1 aliphatic heterocycles. The van der Waals surface area contributed by atoms with E-state index >= 15 is 0 Å². The molecule has 3 aromatic heterocycles. The molecule has 1 saturated heterocycles. The predicted octanol–water partition coefficient (Wildman–Crippen LogP) is 6.37. The first-order valence-corrected chi connectivity index (χ1v) is 18.3. The van der Waals surface area contributed by atoms with E-state index in [4.69, 9.17) is 35.6 Å². The van der Waals surface area contributed by atoms with Crippen molar-refractivity contribution in [3.05, 3.63) is 48.1 Å². The van der Waals surface area contributed by atoms with E-state index < -0.39 is 0 Å². The SMILES string of the molecule is CC(COC(C)(C)C)Oc1nn(C2CCC(N3C[C@@H](C)O[C@@H](C)C3)CC2)cc1Nc1ncc(-c2ccc(Cl)c(O[C@@H](C)Cn3cnnn3)c2)cn1. The number of nitrogens with one attached hydrogen (secondary N) is 1. The van der Waals surface area contributed by atoms with Gasteiger partial charge in [0.05, 0.1) is 48.2 Å². The highest BCUT2D eigenvalue weighted by Gasteiger charge is 2.32. The van der Waals surface area contributed by atoms with Gasteiger partial charge in [0, 0.05) is 37.1 Å². The molecule has 15 heteroatoms. The summed E-state index contributed by atoms with van der Waals surface area (Å²) in [5.74, 6) is 1.49. The molecule has 4 atom stereocenters. The average molecular weight is 723 g/mol. The van der Waals surface area contributed by atoms with Gasteiger partial charge < -0.3 is 24.3 Å². The molecular formula is C36H51ClN10O4. The summed E-state index contributed by atoms with van der Waals surface area (Å²) in [6, 6.07) is 6.45. The molecular weight excluding hydrogens is 672 g/mol. The van der Waals surface area contributed by atoms with E-state index in [2.05, 4.69) is 54.2 Å². The predicted molar refractivity (Wildman–Crippen MR) is 195 cm³/mol. The minimum absolute atomic E-state index is 0.211. The number of morpholine rings is 1. The second-order valence-corrected chi connectivity index (χ2v) is 15.3. The first-order valence-electron chi connectivity index (χ1n) is 17.9. The molecule has 0 radical (unpaired) electrons. The highest BCUT2D eigenvalue weighted by molar-refractivity contribution is 6.32. The Morgan fingerprint density at radius 3 is 2.33 bits per heavy atom. The highest BCUT2D eigenvalue weighted by atomic mass is 35.5. The molecule has 6 rings (SSSR count). The van der Waals surface area contributed by atoms with Gasteiger partial charge in [0.2, 0.25) is 5.95 Å². The Balaban J connectivity index is 1.14. The van der Waals surface area contributed by atoms with E-state index in [9.17, 15) is 0 Å². The number of halogens is 1. The van der Waals surface area contributed by atoms with Crippen molar-refractivity contribution in [2.24, 2.45) is 0 Å². The summed E-state index contributed by atoms with van der Waals surface area (Å²) in [5, 5.41) is 20.1. The zero-order chi connectivity index (χ0) is 36.1. The first-order chi connectivity index (χ1) is 24.4. The number of nitrogens with zero attached hydrogens (tertiary/aromatic N) is 9. The van der Waals surface area contributed by atoms with Gasteiger partial charge in [0.1, 0.15) is 30.0 Å². The van der Waals surface area contributed by atoms with Crippen LogP contribution in [0.2, 0.25) is 5.02 Å². The van der Waals surface area contributed by atoms with Gasteiger partial charge in [-0.2, -0.15) is 0 Å². The summed E-state index contributed by atoms with van der Waals surface area (Å²) in [7, 11) is 0. The Morgan fingerprint density at radius 2 is 1.67 bits per heavy atom. The van der Waals surface area contributed by atoms with Gasteiger partial charge >= 0.3 is 0 Å². The number of aromatic nitrogens is 8. The van der Waals surface area contributed by atoms with Crippen LogP contribution in [0.15, 0.2) is 43.1 Å². The molecule has 1 unspecified atom stereocenters. The van der Waals surface area contributed by atoms with Crippen molar-refractivity contribution in [3.8, 4) is 22.8 Å². The van der Waals surface area contributed by atoms with Crippen molar-refractivity contribution in [2.75, 3.05) is 25.0 Å². The normalized spacial score (nSPS) is 22.7. The highest BCUT2D eigenvalue weighted by Crippen LogP contribution is 2.36. The number of tetrazole rings is 1. The Morgan fingerprint density at radius 1 is 0.961 bits per heavy atom. The van der Waals surface area contributed by atoms with E-state index in [0.29, 0.717) is 47.5 Å². The molecule has 0 spiro atoms. The summed E-state index contributed by atoms with van der Waals surface area (Å²) in [5.41, 5.74) is 2.13. The van der Waals surface area contributed by atoms with Crippen LogP contribution in [0.1, 0.15) is 80.2 Å². The van der Waals surface area contributed by atoms with E-state index in [1.807, 2.05) is 52.9 Å². The van der Waals surface area contributed by atoms with Crippen molar-refractivity contribution in [3.63, 3.8) is 0 Å². The van der Waals surface area contributed by atoms with Crippen molar-refractivity contribution in [1.82, 2.24) is 44.9 Å². The topological polar surface area (TPSA) is 139 Å². The van der Waals surface area contributed by atoms with Crippen LogP contribution in [0, 0.1) is 0 Å². The lowest BCUT2D eigenvalue weighted by Crippen LogP contribution is -2.51. The summed E-state index contributed by atoms with van der Waals surface area (Å²) in [6.45, 7) is 17.3. The Kier molecular flexibility index (Phi) is 11.7. The minimum Gasteiger partial charge on any atom is -0.487 e. The fraction of sp³-hybridized carbons (Fsp3) is 0.611. The standard InChI is InChI=1S/C36H51ClN10O4/c1-23-17-45(18-24(2)49-23)29-9-11-30(12-10-29)47-20-32(34(42-47)51-26(4)21-48-36(5,6)7)41-35-38-15-28(16-39-35)27-8-13-31(37)33(14-27)50-25(3)19-46-22-40-43-44-46/h8,13-16,20,22-26,29-30H,9-12,17-19,21H2,1-7H3,(H,38,39,41)/t23-,24+,25-,26?,29?,30?/m0/s1. The molecule has 1 aromatic carbocycles. The van der Waals surface area contributed by atoms with E-state index in [1.165, 1.54) is 0 Å². The summed E-state index contributed by atoms with van der Waals surface area (Å²) in [4.78, 5) is 11.9. The van der Waals surface area contributed by atoms with Crippen molar-refractivity contribution >= 4 is 23.2 Å². The first kappa shape index (κ1) is 36.9. The number of anilines is 2. The summed E-state index contributed by atoms with van der Waals surface area (Å²) >= 11 is 6.48. The van der Waals surface area contributed by atoms with E-state index in [0.717, 1.165) is 49.9 Å². The van der Waals surface area contributed by atoms with Crippen molar-refractivity contribution < 1.29 is 18.9 Å². The van der Waals surface area contributed by atoms with Crippen molar-refractivity contribution in [2.45, 2.75) is 123 Å². The lowest BCUT2D eigenvalue weighted by atomic mass is 9.89. The fourth-order valence-corrected chi connectivity index (χ4v) is 6.91. The largest absolute Gasteiger partial charge is 0.487 e. The molecule has 2 aliphatic rings. The van der Waals surface area contributed by atoms with E-state index in [1.54, 1.807) is 29.5 Å². The van der Waals surface area contributed by atoms with Gasteiger partial charge in [-0.3, -0.25) is 9.58 Å². The fourth-order valence-electron chi connectivity index (χ4n) is 6.75. The third-order valence-corrected chi connectivity index (χ3v) is 9.41. The van der Waals surface area contributed by atoms with Gasteiger partial charge in [-0.25, -0.2) is 14.6 Å². The number of hydrogen-bond donors (Lipinski definition) is 1. The lowest BCUT2D eigenvalue weighted by Gasteiger charge is -2.42. The van der Waals surface area contributed by atoms with Gasteiger partial charge in [-0.15, -0.1) is 10.2 Å². The molecule has 0 amide bonds. The third-order valence-electron chi connectivity index (χ3n) is 9.09. The van der Waals surface area contributed by atoms with Crippen LogP contribution in [0.25, 0.3) is 11.1 Å². The van der Waals surface area contributed by atoms with Crippen LogP contribution in [-0.2, 0) is 16.0 Å². The summed E-state index contributed by atoms with van der Waals surface area (Å²) in [6.07, 6.45) is 11.6.